The Balaban J connectivity index is 1.68. The standard InChI is InChI=1S/C25H28F2N8O2S/c1-13(2)35-11-19(28-12-35)22-21(15-6-7-15)24(29-20-8-14(3)32-33-20)31-25(30-22)34(4)23-17(26)9-16(10-18(23)27)38(5,36)37/h8-13,15H,6-7H2,1-5H3,(H2,29,30,31,32,33). The molecule has 0 atom stereocenters. The second kappa shape index (κ2) is 9.46. The van der Waals surface area contributed by atoms with E-state index in [4.69, 9.17) is 4.98 Å². The summed E-state index contributed by atoms with van der Waals surface area (Å²) < 4.78 is 55.9. The van der Waals surface area contributed by atoms with Gasteiger partial charge in [0.15, 0.2) is 27.3 Å². The maximum absolute atomic E-state index is 15.1. The highest BCUT2D eigenvalue weighted by Crippen LogP contribution is 2.48. The van der Waals surface area contributed by atoms with Gasteiger partial charge in [0.2, 0.25) is 5.95 Å². The number of benzene rings is 1. The van der Waals surface area contributed by atoms with Crippen molar-refractivity contribution >= 4 is 33.1 Å². The van der Waals surface area contributed by atoms with E-state index in [0.717, 1.165) is 47.4 Å². The molecule has 2 N–H and O–H groups in total. The van der Waals surface area contributed by atoms with E-state index in [1.54, 1.807) is 6.33 Å². The minimum Gasteiger partial charge on any atom is -0.334 e. The Bertz CT molecular complexity index is 1600. The third-order valence-corrected chi connectivity index (χ3v) is 7.46. The summed E-state index contributed by atoms with van der Waals surface area (Å²) in [5.74, 6) is -0.915. The van der Waals surface area contributed by atoms with Crippen molar-refractivity contribution in [3.63, 3.8) is 0 Å². The van der Waals surface area contributed by atoms with Gasteiger partial charge in [0, 0.05) is 42.9 Å². The van der Waals surface area contributed by atoms with E-state index in [-0.39, 0.29) is 17.9 Å². The van der Waals surface area contributed by atoms with Crippen molar-refractivity contribution in [1.29, 1.82) is 0 Å². The molecule has 1 aliphatic rings. The van der Waals surface area contributed by atoms with Crippen LogP contribution >= 0.6 is 0 Å². The maximum Gasteiger partial charge on any atom is 0.232 e. The van der Waals surface area contributed by atoms with Crippen LogP contribution in [0, 0.1) is 18.6 Å². The fraction of sp³-hybridized carbons (Fsp3) is 0.360. The largest absolute Gasteiger partial charge is 0.334 e. The van der Waals surface area contributed by atoms with Crippen molar-refractivity contribution in [2.45, 2.75) is 50.5 Å². The molecular weight excluding hydrogens is 514 g/mol. The minimum atomic E-state index is -3.81. The Morgan fingerprint density at radius 3 is 2.37 bits per heavy atom. The van der Waals surface area contributed by atoms with Gasteiger partial charge in [-0.15, -0.1) is 0 Å². The summed E-state index contributed by atoms with van der Waals surface area (Å²) in [6, 6.07) is 3.57. The number of imidazole rings is 1. The fourth-order valence-electron chi connectivity index (χ4n) is 4.18. The van der Waals surface area contributed by atoms with Gasteiger partial charge in [0.05, 0.1) is 11.2 Å². The molecule has 1 aromatic carbocycles. The molecule has 1 saturated carbocycles. The monoisotopic (exact) mass is 542 g/mol. The van der Waals surface area contributed by atoms with Gasteiger partial charge in [-0.2, -0.15) is 10.1 Å². The number of nitrogens with zero attached hydrogens (tertiary/aromatic N) is 6. The first-order chi connectivity index (χ1) is 17.9. The predicted molar refractivity (Wildman–Crippen MR) is 140 cm³/mol. The molecule has 200 valence electrons. The van der Waals surface area contributed by atoms with Crippen LogP contribution in [0.15, 0.2) is 35.6 Å². The summed E-state index contributed by atoms with van der Waals surface area (Å²) in [6.07, 6.45) is 6.38. The van der Waals surface area contributed by atoms with E-state index >= 15 is 8.78 Å². The van der Waals surface area contributed by atoms with E-state index in [1.165, 1.54) is 7.05 Å². The molecule has 13 heteroatoms. The summed E-state index contributed by atoms with van der Waals surface area (Å²) in [7, 11) is -2.39. The lowest BCUT2D eigenvalue weighted by Gasteiger charge is -2.22. The number of aromatic nitrogens is 6. The number of H-pyrrole nitrogens is 1. The summed E-state index contributed by atoms with van der Waals surface area (Å²) in [4.78, 5) is 14.7. The van der Waals surface area contributed by atoms with Crippen LogP contribution in [0.4, 0.5) is 32.1 Å². The number of hydrogen-bond donors (Lipinski definition) is 2. The zero-order chi connectivity index (χ0) is 27.4. The molecule has 1 aliphatic carbocycles. The molecule has 10 nitrogen and oxygen atoms in total. The third-order valence-electron chi connectivity index (χ3n) is 6.37. The Morgan fingerprint density at radius 2 is 1.84 bits per heavy atom. The summed E-state index contributed by atoms with van der Waals surface area (Å²) in [5.41, 5.74) is 2.37. The average Bonchev–Trinajstić information content (AvgIpc) is 3.39. The molecule has 1 fully saturated rings. The second-order valence-corrected chi connectivity index (χ2v) is 11.9. The van der Waals surface area contributed by atoms with E-state index < -0.39 is 32.1 Å². The lowest BCUT2D eigenvalue weighted by Crippen LogP contribution is -2.19. The van der Waals surface area contributed by atoms with Crippen LogP contribution in [0.3, 0.4) is 0 Å². The average molecular weight is 543 g/mol. The van der Waals surface area contributed by atoms with Gasteiger partial charge in [-0.05, 0) is 51.7 Å². The summed E-state index contributed by atoms with van der Waals surface area (Å²) in [6.45, 7) is 5.94. The number of rotatable bonds is 8. The second-order valence-electron chi connectivity index (χ2n) is 9.84. The highest BCUT2D eigenvalue weighted by Gasteiger charge is 2.34. The van der Waals surface area contributed by atoms with Crippen molar-refractivity contribution in [2.24, 2.45) is 0 Å². The van der Waals surface area contributed by atoms with E-state index in [2.05, 4.69) is 25.5 Å². The molecule has 5 rings (SSSR count). The van der Waals surface area contributed by atoms with Crippen molar-refractivity contribution in [2.75, 3.05) is 23.5 Å². The molecule has 0 spiro atoms. The smallest absolute Gasteiger partial charge is 0.232 e. The third kappa shape index (κ3) is 4.97. The molecule has 38 heavy (non-hydrogen) atoms. The summed E-state index contributed by atoms with van der Waals surface area (Å²) in [5, 5.41) is 10.4. The van der Waals surface area contributed by atoms with Gasteiger partial charge in [-0.25, -0.2) is 27.2 Å². The maximum atomic E-state index is 15.1. The predicted octanol–water partition coefficient (Wildman–Crippen LogP) is 5.02. The van der Waals surface area contributed by atoms with Crippen LogP contribution in [0.2, 0.25) is 0 Å². The van der Waals surface area contributed by atoms with Crippen molar-refractivity contribution < 1.29 is 17.2 Å². The highest BCUT2D eigenvalue weighted by atomic mass is 32.2. The topological polar surface area (TPSA) is 122 Å². The molecule has 0 aliphatic heterocycles. The number of aromatic amines is 1. The van der Waals surface area contributed by atoms with Crippen LogP contribution in [0.1, 0.15) is 49.9 Å². The zero-order valence-electron chi connectivity index (χ0n) is 21.6. The first-order valence-corrected chi connectivity index (χ1v) is 14.0. The fourth-order valence-corrected chi connectivity index (χ4v) is 4.81. The first kappa shape index (κ1) is 25.8. The minimum absolute atomic E-state index is 0.00293. The van der Waals surface area contributed by atoms with Crippen molar-refractivity contribution in [3.05, 3.63) is 53.6 Å². The van der Waals surface area contributed by atoms with Gasteiger partial charge >= 0.3 is 0 Å². The Labute approximate surface area is 219 Å². The zero-order valence-corrected chi connectivity index (χ0v) is 22.4. The lowest BCUT2D eigenvalue weighted by atomic mass is 10.1. The quantitative estimate of drug-likeness (QED) is 0.318. The van der Waals surface area contributed by atoms with Gasteiger partial charge in [-0.1, -0.05) is 0 Å². The number of aryl methyl sites for hydroxylation is 1. The SMILES string of the molecule is Cc1cc(Nc2nc(N(C)c3c(F)cc(S(C)(=O)=O)cc3F)nc(-c3cn(C(C)C)cn3)c2C2CC2)n[nH]1. The van der Waals surface area contributed by atoms with E-state index in [0.29, 0.717) is 23.0 Å². The Kier molecular flexibility index (Phi) is 6.41. The molecule has 0 amide bonds. The number of nitrogens with one attached hydrogen (secondary N) is 2. The van der Waals surface area contributed by atoms with Crippen LogP contribution in [-0.2, 0) is 9.84 Å². The number of hydrogen-bond acceptors (Lipinski definition) is 8. The van der Waals surface area contributed by atoms with Crippen LogP contribution in [0.5, 0.6) is 0 Å². The van der Waals surface area contributed by atoms with E-state index in [1.807, 2.05) is 37.6 Å². The van der Waals surface area contributed by atoms with Crippen molar-refractivity contribution in [1.82, 2.24) is 29.7 Å². The molecular formula is C25H28F2N8O2S. The van der Waals surface area contributed by atoms with Gasteiger partial charge in [-0.3, -0.25) is 5.10 Å². The normalized spacial score (nSPS) is 13.8. The van der Waals surface area contributed by atoms with Gasteiger partial charge in [0.1, 0.15) is 22.9 Å². The van der Waals surface area contributed by atoms with Crippen LogP contribution < -0.4 is 10.2 Å². The Morgan fingerprint density at radius 1 is 1.16 bits per heavy atom. The molecule has 0 saturated heterocycles. The number of halogens is 2. The number of anilines is 4. The van der Waals surface area contributed by atoms with Crippen LogP contribution in [0.25, 0.3) is 11.4 Å². The molecule has 0 unspecified atom stereocenters. The van der Waals surface area contributed by atoms with Crippen molar-refractivity contribution in [3.8, 4) is 11.4 Å². The molecule has 0 radical (unpaired) electrons. The van der Waals surface area contributed by atoms with Gasteiger partial charge < -0.3 is 14.8 Å². The molecule has 0 bridgehead atoms. The van der Waals surface area contributed by atoms with Crippen LogP contribution in [-0.4, -0.2) is 51.4 Å². The summed E-state index contributed by atoms with van der Waals surface area (Å²) >= 11 is 0. The molecule has 3 heterocycles. The lowest BCUT2D eigenvalue weighted by molar-refractivity contribution is 0.569. The van der Waals surface area contributed by atoms with E-state index in [9.17, 15) is 8.42 Å². The molecule has 3 aromatic heterocycles. The highest BCUT2D eigenvalue weighted by molar-refractivity contribution is 7.90. The Hall–Kier alpha value is -3.87. The molecule has 4 aromatic rings. The first-order valence-electron chi connectivity index (χ1n) is 12.1. The number of sulfone groups is 1. The van der Waals surface area contributed by atoms with Gasteiger partial charge in [0.25, 0.3) is 0 Å².